The second-order valence-electron chi connectivity index (χ2n) is 5.18. The van der Waals surface area contributed by atoms with Gasteiger partial charge in [0.25, 0.3) is 5.91 Å². The third-order valence-corrected chi connectivity index (χ3v) is 5.00. The van der Waals surface area contributed by atoms with E-state index >= 15 is 0 Å². The molecule has 0 bridgehead atoms. The Hall–Kier alpha value is -2.11. The molecule has 0 saturated carbocycles. The first-order valence-corrected chi connectivity index (χ1v) is 8.64. The molecule has 2 aliphatic rings. The van der Waals surface area contributed by atoms with Gasteiger partial charge in [-0.2, -0.15) is 0 Å². The van der Waals surface area contributed by atoms with Gasteiger partial charge in [-0.1, -0.05) is 48.0 Å². The Labute approximate surface area is 148 Å². The molecule has 3 rings (SSSR count). The number of hydrogen-bond donors (Lipinski definition) is 0. The summed E-state index contributed by atoms with van der Waals surface area (Å²) >= 11 is 7.30. The van der Waals surface area contributed by atoms with Gasteiger partial charge in [0.2, 0.25) is 0 Å². The molecule has 24 heavy (non-hydrogen) atoms. The van der Waals surface area contributed by atoms with Crippen LogP contribution in [0.3, 0.4) is 0 Å². The van der Waals surface area contributed by atoms with Crippen molar-refractivity contribution in [2.24, 2.45) is 10.9 Å². The fourth-order valence-corrected chi connectivity index (χ4v) is 3.73. The van der Waals surface area contributed by atoms with E-state index in [2.05, 4.69) is 9.73 Å². The maximum Gasteiger partial charge on any atom is 0.315 e. The lowest BCUT2D eigenvalue weighted by molar-refractivity contribution is -0.137. The van der Waals surface area contributed by atoms with Gasteiger partial charge in [0.05, 0.1) is 23.5 Å². The molecule has 1 aromatic carbocycles. The summed E-state index contributed by atoms with van der Waals surface area (Å²) in [6.07, 6.45) is 5.35. The van der Waals surface area contributed by atoms with Crippen LogP contribution in [-0.4, -0.2) is 30.5 Å². The minimum atomic E-state index is -0.389. The van der Waals surface area contributed by atoms with E-state index in [4.69, 9.17) is 11.6 Å². The highest BCUT2D eigenvalue weighted by Gasteiger charge is 2.32. The highest BCUT2D eigenvalue weighted by Crippen LogP contribution is 2.40. The number of thioether (sulfide) groups is 1. The fraction of sp³-hybridized carbons (Fsp3) is 0.167. The molecular weight excluding hydrogens is 346 g/mol. The van der Waals surface area contributed by atoms with Gasteiger partial charge in [-0.25, -0.2) is 4.99 Å². The van der Waals surface area contributed by atoms with Crippen molar-refractivity contribution in [2.75, 3.05) is 12.9 Å². The quantitative estimate of drug-likeness (QED) is 0.771. The number of amides is 1. The molecule has 122 valence electrons. The molecule has 0 aromatic heterocycles. The van der Waals surface area contributed by atoms with Gasteiger partial charge in [0.1, 0.15) is 0 Å². The highest BCUT2D eigenvalue weighted by molar-refractivity contribution is 8.04. The van der Waals surface area contributed by atoms with Gasteiger partial charge in [-0.15, -0.1) is 11.8 Å². The zero-order valence-electron chi connectivity index (χ0n) is 12.9. The number of ether oxygens (including phenoxy) is 1. The Morgan fingerprint density at radius 1 is 1.29 bits per heavy atom. The van der Waals surface area contributed by atoms with E-state index < -0.39 is 0 Å². The average Bonchev–Trinajstić information content (AvgIpc) is 2.60. The molecule has 1 aromatic rings. The molecule has 1 heterocycles. The largest absolute Gasteiger partial charge is 0.468 e. The van der Waals surface area contributed by atoms with Crippen LogP contribution in [0.5, 0.6) is 0 Å². The lowest BCUT2D eigenvalue weighted by atomic mass is 9.84. The first-order chi connectivity index (χ1) is 11.6. The van der Waals surface area contributed by atoms with Crippen molar-refractivity contribution < 1.29 is 14.3 Å². The predicted octanol–water partition coefficient (Wildman–Crippen LogP) is 3.59. The molecule has 0 N–H and O–H groups in total. The third-order valence-electron chi connectivity index (χ3n) is 3.69. The maximum absolute atomic E-state index is 12.5. The molecule has 1 unspecified atom stereocenters. The summed E-state index contributed by atoms with van der Waals surface area (Å²) in [5, 5.41) is 0.596. The topological polar surface area (TPSA) is 55.7 Å². The summed E-state index contributed by atoms with van der Waals surface area (Å²) in [5.41, 5.74) is 2.39. The van der Waals surface area contributed by atoms with E-state index in [0.717, 1.165) is 22.9 Å². The monoisotopic (exact) mass is 359 g/mol. The van der Waals surface area contributed by atoms with Crippen molar-refractivity contribution in [3.05, 3.63) is 64.1 Å². The van der Waals surface area contributed by atoms with Gasteiger partial charge >= 0.3 is 5.97 Å². The number of allylic oxidation sites excluding steroid dienone is 5. The van der Waals surface area contributed by atoms with Gasteiger partial charge in [0, 0.05) is 11.0 Å². The Morgan fingerprint density at radius 3 is 2.75 bits per heavy atom. The SMILES string of the molecule is COC(=O)CSC1=C(c2ccccc2)C2C=C(Cl)C=CC2=NC1=O. The molecule has 1 amide bonds. The number of carbonyl (C=O) groups excluding carboxylic acids is 2. The molecule has 1 aliphatic heterocycles. The first kappa shape index (κ1) is 16.7. The van der Waals surface area contributed by atoms with Crippen molar-refractivity contribution in [3.63, 3.8) is 0 Å². The lowest BCUT2D eigenvalue weighted by Gasteiger charge is -2.26. The van der Waals surface area contributed by atoms with Crippen LogP contribution in [0.25, 0.3) is 5.57 Å². The second kappa shape index (κ2) is 7.20. The van der Waals surface area contributed by atoms with Crippen LogP contribution in [0, 0.1) is 5.92 Å². The van der Waals surface area contributed by atoms with E-state index in [1.165, 1.54) is 7.11 Å². The highest BCUT2D eigenvalue weighted by atomic mass is 35.5. The third kappa shape index (κ3) is 3.37. The Morgan fingerprint density at radius 2 is 2.04 bits per heavy atom. The summed E-state index contributed by atoms with van der Waals surface area (Å²) < 4.78 is 4.67. The number of halogens is 1. The normalized spacial score (nSPS) is 19.6. The molecular formula is C18H14ClNO3S. The van der Waals surface area contributed by atoms with Crippen molar-refractivity contribution in [2.45, 2.75) is 0 Å². The number of esters is 1. The number of benzene rings is 1. The van der Waals surface area contributed by atoms with E-state index in [1.54, 1.807) is 12.2 Å². The Balaban J connectivity index is 2.08. The molecule has 1 atom stereocenters. The van der Waals surface area contributed by atoms with Crippen molar-refractivity contribution in [3.8, 4) is 0 Å². The second-order valence-corrected chi connectivity index (χ2v) is 6.60. The summed E-state index contributed by atoms with van der Waals surface area (Å²) in [6, 6.07) is 9.60. The molecule has 0 radical (unpaired) electrons. The number of hydrogen-bond acceptors (Lipinski definition) is 4. The zero-order chi connectivity index (χ0) is 17.1. The summed E-state index contributed by atoms with van der Waals surface area (Å²) in [4.78, 5) is 28.6. The average molecular weight is 360 g/mol. The first-order valence-electron chi connectivity index (χ1n) is 7.27. The van der Waals surface area contributed by atoms with Crippen molar-refractivity contribution in [1.82, 2.24) is 0 Å². The van der Waals surface area contributed by atoms with Crippen LogP contribution in [0.1, 0.15) is 5.56 Å². The van der Waals surface area contributed by atoms with Gasteiger partial charge in [-0.05, 0) is 23.3 Å². The van der Waals surface area contributed by atoms with Gasteiger partial charge in [-0.3, -0.25) is 9.59 Å². The van der Waals surface area contributed by atoms with Gasteiger partial charge < -0.3 is 4.74 Å². The van der Waals surface area contributed by atoms with E-state index in [-0.39, 0.29) is 23.5 Å². The Bertz CT molecular complexity index is 809. The van der Waals surface area contributed by atoms with E-state index in [9.17, 15) is 9.59 Å². The van der Waals surface area contributed by atoms with Crippen LogP contribution in [0.4, 0.5) is 0 Å². The number of carbonyl (C=O) groups is 2. The van der Waals surface area contributed by atoms with Crippen LogP contribution < -0.4 is 0 Å². The number of dihydropyridines is 1. The maximum atomic E-state index is 12.5. The number of methoxy groups -OCH3 is 1. The van der Waals surface area contributed by atoms with Crippen molar-refractivity contribution in [1.29, 1.82) is 0 Å². The standard InChI is InChI=1S/C18H14ClNO3S/c1-23-15(21)10-24-17-16(11-5-3-2-4-6-11)13-9-12(19)7-8-14(13)20-18(17)22/h2-9,13H,10H2,1H3. The Kier molecular flexibility index (Phi) is 5.02. The van der Waals surface area contributed by atoms with Crippen LogP contribution in [0.15, 0.2) is 63.5 Å². The molecule has 0 saturated heterocycles. The number of nitrogens with zero attached hydrogens (tertiary/aromatic N) is 1. The minimum Gasteiger partial charge on any atom is -0.468 e. The number of fused-ring (bicyclic) bond motifs is 1. The lowest BCUT2D eigenvalue weighted by Crippen LogP contribution is -2.24. The van der Waals surface area contributed by atoms with Gasteiger partial charge in [0.15, 0.2) is 0 Å². The summed E-state index contributed by atoms with van der Waals surface area (Å²) in [7, 11) is 1.32. The molecule has 6 heteroatoms. The fourth-order valence-electron chi connectivity index (χ4n) is 2.59. The van der Waals surface area contributed by atoms with E-state index in [1.807, 2.05) is 36.4 Å². The summed E-state index contributed by atoms with van der Waals surface area (Å²) in [5.74, 6) is -0.883. The molecule has 4 nitrogen and oxygen atoms in total. The number of rotatable bonds is 4. The predicted molar refractivity (Wildman–Crippen MR) is 96.8 cm³/mol. The summed E-state index contributed by atoms with van der Waals surface area (Å²) in [6.45, 7) is 0. The van der Waals surface area contributed by atoms with Crippen LogP contribution in [0.2, 0.25) is 0 Å². The van der Waals surface area contributed by atoms with E-state index in [0.29, 0.717) is 15.6 Å². The van der Waals surface area contributed by atoms with Crippen LogP contribution in [-0.2, 0) is 14.3 Å². The number of aliphatic imine (C=N–C) groups is 1. The zero-order valence-corrected chi connectivity index (χ0v) is 14.4. The molecule has 1 aliphatic carbocycles. The smallest absolute Gasteiger partial charge is 0.315 e. The van der Waals surface area contributed by atoms with Crippen molar-refractivity contribution >= 4 is 46.5 Å². The minimum absolute atomic E-state index is 0.0543. The molecule has 0 fully saturated rings. The van der Waals surface area contributed by atoms with Crippen LogP contribution >= 0.6 is 23.4 Å². The molecule has 0 spiro atoms.